The number of hydrogen-bond donors (Lipinski definition) is 0. The molecule has 0 aromatic heterocycles. The molecule has 0 spiro atoms. The van der Waals surface area contributed by atoms with Crippen LogP contribution in [0, 0.1) is 0 Å². The molecule has 0 bridgehead atoms. The van der Waals surface area contributed by atoms with Gasteiger partial charge in [0.1, 0.15) is 0 Å². The van der Waals surface area contributed by atoms with E-state index in [1.165, 1.54) is 0 Å². The molecule has 0 aromatic rings. The van der Waals surface area contributed by atoms with E-state index in [4.69, 9.17) is 4.74 Å². The van der Waals surface area contributed by atoms with Crippen LogP contribution >= 0.6 is 12.9 Å². The van der Waals surface area contributed by atoms with Crippen LogP contribution in [0.25, 0.3) is 0 Å². The topological polar surface area (TPSA) is 9.23 Å². The second-order valence-electron chi connectivity index (χ2n) is 1.38. The average molecular weight is 189 g/mol. The second-order valence-corrected chi connectivity index (χ2v) is 4.44. The lowest BCUT2D eigenvalue weighted by atomic mass is 10.7. The van der Waals surface area contributed by atoms with Gasteiger partial charge in [0.25, 0.3) is 0 Å². The van der Waals surface area contributed by atoms with Gasteiger partial charge in [0, 0.05) is 6.61 Å². The summed E-state index contributed by atoms with van der Waals surface area (Å²) in [6, 6.07) is 0. The lowest BCUT2D eigenvalue weighted by Crippen LogP contribution is -2.12. The van der Waals surface area contributed by atoms with Crippen LogP contribution in [-0.2, 0) is 4.74 Å². The molecule has 1 atom stereocenters. The molecule has 0 saturated carbocycles. The summed E-state index contributed by atoms with van der Waals surface area (Å²) in [5, 5.41) is 0. The van der Waals surface area contributed by atoms with Crippen molar-refractivity contribution in [1.82, 2.24) is 0 Å². The molecule has 0 radical (unpaired) electrons. The molecule has 3 heteroatoms. The predicted molar refractivity (Wildman–Crippen MR) is 40.3 cm³/mol. The van der Waals surface area contributed by atoms with Gasteiger partial charge in [0.15, 0.2) is 0 Å². The van der Waals surface area contributed by atoms with Crippen molar-refractivity contribution in [1.29, 1.82) is 0 Å². The molecule has 1 unspecified atom stereocenters. The smallest absolute Gasteiger partial charge is 0.401 e. The van der Waals surface area contributed by atoms with Crippen LogP contribution in [0.2, 0.25) is 0 Å². The van der Waals surface area contributed by atoms with E-state index in [1.807, 2.05) is 13.0 Å². The van der Waals surface area contributed by atoms with E-state index >= 15 is 0 Å². The molecule has 0 aliphatic rings. The largest absolute Gasteiger partial charge is 0.514 e. The molecule has 0 N–H and O–H groups in total. The molecular weight excluding hydrogens is 180 g/mol. The highest BCUT2D eigenvalue weighted by Crippen LogP contribution is 1.93. The lowest BCUT2D eigenvalue weighted by Gasteiger charge is -2.06. The van der Waals surface area contributed by atoms with E-state index < -0.39 is 0 Å². The maximum Gasteiger partial charge on any atom is 0.514 e. The third-order valence-electron chi connectivity index (χ3n) is 0.796. The minimum atomic E-state index is -0.211. The van der Waals surface area contributed by atoms with Gasteiger partial charge < -0.3 is 17.6 Å². The fourth-order valence-electron chi connectivity index (χ4n) is 0.390. The first-order valence-corrected chi connectivity index (χ1v) is 7.36. The first kappa shape index (κ1) is 8.95. The highest BCUT2D eigenvalue weighted by molar-refractivity contribution is 9.23. The highest BCUT2D eigenvalue weighted by atomic mass is 79.9. The number of hydrogen-bond acceptors (Lipinski definition) is 1. The van der Waals surface area contributed by atoms with E-state index in [1.54, 1.807) is 0 Å². The summed E-state index contributed by atoms with van der Waals surface area (Å²) in [5.41, 5.74) is 0. The number of halogens is 1. The Morgan fingerprint density at radius 1 is 2.00 bits per heavy atom. The van der Waals surface area contributed by atoms with Gasteiger partial charge >= 0.3 is 18.2 Å². The summed E-state index contributed by atoms with van der Waals surface area (Å²) in [6.07, 6.45) is 1.85. The quantitative estimate of drug-likeness (QED) is 0.481. The Labute approximate surface area is 66.1 Å². The summed E-state index contributed by atoms with van der Waals surface area (Å²) in [5.74, 6) is 0. The third-order valence-corrected chi connectivity index (χ3v) is 3.58. The zero-order valence-corrected chi connectivity index (χ0v) is 8.06. The van der Waals surface area contributed by atoms with Crippen LogP contribution in [0.1, 0.15) is 6.92 Å². The second kappa shape index (κ2) is 6.07. The van der Waals surface area contributed by atoms with Crippen LogP contribution in [0.5, 0.6) is 0 Å². The standard InChI is InChI=1S/C5H9O.BrH.Mg/c1-3-5-6-4-2;;/h3,5H,1,4H2,2H3;1H;/q;;+1/p-1. The first-order valence-electron chi connectivity index (χ1n) is 2.65. The van der Waals surface area contributed by atoms with Gasteiger partial charge in [0.2, 0.25) is 0 Å². The molecule has 0 saturated heterocycles. The molecule has 0 rings (SSSR count). The van der Waals surface area contributed by atoms with Gasteiger partial charge in [-0.1, -0.05) is 6.08 Å². The van der Waals surface area contributed by atoms with Gasteiger partial charge in [-0.2, -0.15) is 0 Å². The summed E-state index contributed by atoms with van der Waals surface area (Å²) < 4.78 is 5.56. The van der Waals surface area contributed by atoms with Crippen molar-refractivity contribution in [2.75, 3.05) is 6.61 Å². The Kier molecular flexibility index (Phi) is 6.79. The van der Waals surface area contributed by atoms with Crippen LogP contribution in [0.15, 0.2) is 12.7 Å². The molecule has 0 fully saturated rings. The molecule has 0 heterocycles. The van der Waals surface area contributed by atoms with Crippen molar-refractivity contribution in [3.05, 3.63) is 12.7 Å². The monoisotopic (exact) mass is 188 g/mol. The molecule has 0 aliphatic carbocycles. The Balaban J connectivity index is 3.21. The van der Waals surface area contributed by atoms with Gasteiger partial charge in [-0.05, 0) is 11.2 Å². The molecule has 0 aliphatic heterocycles. The normalized spacial score (nSPS) is 12.2. The van der Waals surface area contributed by atoms with Crippen molar-refractivity contribution in [3.8, 4) is 0 Å². The lowest BCUT2D eigenvalue weighted by molar-refractivity contribution is 0.149. The van der Waals surface area contributed by atoms with Gasteiger partial charge in [-0.3, -0.25) is 0 Å². The Hall–Kier alpha value is 0.946. The van der Waals surface area contributed by atoms with Gasteiger partial charge in [-0.15, -0.1) is 6.58 Å². The fraction of sp³-hybridized carbons (Fsp3) is 0.600. The zero-order chi connectivity index (χ0) is 6.41. The maximum atomic E-state index is 5.24. The van der Waals surface area contributed by atoms with Gasteiger partial charge in [-0.25, -0.2) is 0 Å². The summed E-state index contributed by atoms with van der Waals surface area (Å²) in [4.78, 5) is 0. The van der Waals surface area contributed by atoms with E-state index in [9.17, 15) is 0 Å². The van der Waals surface area contributed by atoms with Crippen LogP contribution in [0.3, 0.4) is 0 Å². The zero-order valence-electron chi connectivity index (χ0n) is 5.06. The molecule has 0 amide bonds. The van der Waals surface area contributed by atoms with Crippen molar-refractivity contribution >= 4 is 31.1 Å². The highest BCUT2D eigenvalue weighted by Gasteiger charge is 2.03. The summed E-state index contributed by atoms with van der Waals surface area (Å²) in [6.45, 7) is 6.41. The Morgan fingerprint density at radius 2 is 2.62 bits per heavy atom. The first-order chi connectivity index (χ1) is 3.85. The number of ether oxygens (including phenoxy) is 1. The van der Waals surface area contributed by atoms with E-state index in [0.717, 1.165) is 6.61 Å². The molecule has 0 aromatic carbocycles. The van der Waals surface area contributed by atoms with Gasteiger partial charge in [0.05, 0.1) is 0 Å². The Bertz CT molecular complexity index is 67.4. The minimum absolute atomic E-state index is 0.211. The number of rotatable bonds is 4. The molecule has 44 valence electrons. The molecular formula is C5H9BrMgO. The summed E-state index contributed by atoms with van der Waals surface area (Å²) in [7, 11) is 0. The van der Waals surface area contributed by atoms with Crippen molar-refractivity contribution in [3.63, 3.8) is 0 Å². The van der Waals surface area contributed by atoms with E-state index in [0.29, 0.717) is 4.23 Å². The predicted octanol–water partition coefficient (Wildman–Crippen LogP) is 1.55. The van der Waals surface area contributed by atoms with E-state index in [2.05, 4.69) is 19.5 Å². The summed E-state index contributed by atoms with van der Waals surface area (Å²) >= 11 is 3.21. The SMILES string of the molecule is C=C[CH](OCC)[Mg][Br]. The van der Waals surface area contributed by atoms with Crippen molar-refractivity contribution in [2.24, 2.45) is 0 Å². The Morgan fingerprint density at radius 3 is 2.75 bits per heavy atom. The average Bonchev–Trinajstić information content (AvgIpc) is 1.83. The van der Waals surface area contributed by atoms with Crippen molar-refractivity contribution < 1.29 is 4.74 Å². The van der Waals surface area contributed by atoms with E-state index in [-0.39, 0.29) is 18.2 Å². The maximum absolute atomic E-state index is 5.24. The van der Waals surface area contributed by atoms with Crippen LogP contribution in [0.4, 0.5) is 0 Å². The fourth-order valence-corrected chi connectivity index (χ4v) is 2.19. The molecule has 1 nitrogen and oxygen atoms in total. The minimum Gasteiger partial charge on any atom is -0.401 e. The molecule has 8 heavy (non-hydrogen) atoms. The van der Waals surface area contributed by atoms with Crippen LogP contribution in [-0.4, -0.2) is 29.0 Å². The van der Waals surface area contributed by atoms with Crippen molar-refractivity contribution in [2.45, 2.75) is 11.2 Å². The van der Waals surface area contributed by atoms with Crippen LogP contribution < -0.4 is 0 Å². The third kappa shape index (κ3) is 3.89.